The van der Waals surface area contributed by atoms with Gasteiger partial charge in [0.15, 0.2) is 0 Å². The highest BCUT2D eigenvalue weighted by molar-refractivity contribution is 5.73. The van der Waals surface area contributed by atoms with Crippen molar-refractivity contribution < 1.29 is 9.63 Å². The van der Waals surface area contributed by atoms with Crippen molar-refractivity contribution in [3.8, 4) is 0 Å². The first-order valence-electron chi connectivity index (χ1n) is 6.62. The molecule has 1 heterocycles. The fourth-order valence-electron chi connectivity index (χ4n) is 2.19. The van der Waals surface area contributed by atoms with Gasteiger partial charge in [0.2, 0.25) is 0 Å². The second-order valence-electron chi connectivity index (χ2n) is 4.72. The molecule has 1 aliphatic heterocycles. The number of carbonyl (C=O) groups is 1. The van der Waals surface area contributed by atoms with Crippen LogP contribution in [-0.4, -0.2) is 11.1 Å². The smallest absolute Gasteiger partial charge is 0.332 e. The van der Waals surface area contributed by atoms with Crippen LogP contribution in [-0.2, 0) is 24.5 Å². The predicted molar refractivity (Wildman–Crippen MR) is 75.5 cm³/mol. The minimum absolute atomic E-state index is 0.205. The molecule has 0 saturated heterocycles. The molecule has 0 saturated carbocycles. The van der Waals surface area contributed by atoms with Gasteiger partial charge >= 0.3 is 6.03 Å². The number of rotatable bonds is 2. The first-order valence-corrected chi connectivity index (χ1v) is 6.62. The molecule has 20 heavy (non-hydrogen) atoms. The van der Waals surface area contributed by atoms with Gasteiger partial charge < -0.3 is 5.32 Å². The third-order valence-electron chi connectivity index (χ3n) is 3.32. The van der Waals surface area contributed by atoms with E-state index >= 15 is 0 Å². The molecular formula is C16H16N2O2. The van der Waals surface area contributed by atoms with Crippen LogP contribution >= 0.6 is 0 Å². The molecule has 0 aliphatic carbocycles. The largest absolute Gasteiger partial charge is 0.341 e. The minimum Gasteiger partial charge on any atom is -0.332 e. The van der Waals surface area contributed by atoms with E-state index in [-0.39, 0.29) is 6.03 Å². The summed E-state index contributed by atoms with van der Waals surface area (Å²) in [5.74, 6) is 0. The van der Waals surface area contributed by atoms with Crippen LogP contribution in [0.4, 0.5) is 4.79 Å². The van der Waals surface area contributed by atoms with Crippen LogP contribution < -0.4 is 5.32 Å². The number of urea groups is 1. The van der Waals surface area contributed by atoms with Gasteiger partial charge in [0.1, 0.15) is 6.61 Å². The predicted octanol–water partition coefficient (Wildman–Crippen LogP) is 2.84. The average molecular weight is 268 g/mol. The summed E-state index contributed by atoms with van der Waals surface area (Å²) >= 11 is 0. The van der Waals surface area contributed by atoms with Crippen LogP contribution in [0.5, 0.6) is 0 Å². The third-order valence-corrected chi connectivity index (χ3v) is 3.32. The van der Waals surface area contributed by atoms with Crippen LogP contribution in [0, 0.1) is 0 Å². The minimum atomic E-state index is -0.205. The van der Waals surface area contributed by atoms with E-state index in [4.69, 9.17) is 4.84 Å². The molecule has 0 unspecified atom stereocenters. The standard InChI is InChI=1S/C16H16N2O2/c19-16(17-10-13-6-2-1-3-7-13)18-11-14-8-4-5-9-15(14)12-20-18/h1-9H,10-12H2,(H,17,19). The van der Waals surface area contributed by atoms with Crippen molar-refractivity contribution in [3.05, 3.63) is 71.3 Å². The second-order valence-corrected chi connectivity index (χ2v) is 4.72. The van der Waals surface area contributed by atoms with Crippen molar-refractivity contribution in [2.75, 3.05) is 0 Å². The van der Waals surface area contributed by atoms with E-state index in [0.717, 1.165) is 16.7 Å². The Hall–Kier alpha value is -2.33. The normalized spacial score (nSPS) is 13.7. The zero-order valence-corrected chi connectivity index (χ0v) is 11.1. The molecule has 0 spiro atoms. The van der Waals surface area contributed by atoms with Gasteiger partial charge in [-0.25, -0.2) is 4.79 Å². The molecule has 0 fully saturated rings. The van der Waals surface area contributed by atoms with E-state index in [1.807, 2.05) is 54.6 Å². The van der Waals surface area contributed by atoms with Crippen molar-refractivity contribution in [2.24, 2.45) is 0 Å². The maximum Gasteiger partial charge on any atom is 0.341 e. The molecule has 0 radical (unpaired) electrons. The van der Waals surface area contributed by atoms with Crippen molar-refractivity contribution in [1.29, 1.82) is 0 Å². The van der Waals surface area contributed by atoms with Crippen LogP contribution in [0.3, 0.4) is 0 Å². The Bertz CT molecular complexity index is 598. The van der Waals surface area contributed by atoms with Gasteiger partial charge in [0, 0.05) is 6.54 Å². The molecule has 3 rings (SSSR count). The molecule has 1 N–H and O–H groups in total. The number of nitrogens with zero attached hydrogens (tertiary/aromatic N) is 1. The SMILES string of the molecule is O=C(NCc1ccccc1)N1Cc2ccccc2CO1. The molecule has 2 aromatic carbocycles. The quantitative estimate of drug-likeness (QED) is 0.910. The summed E-state index contributed by atoms with van der Waals surface area (Å²) in [6.07, 6.45) is 0. The lowest BCUT2D eigenvalue weighted by atomic mass is 10.1. The summed E-state index contributed by atoms with van der Waals surface area (Å²) in [5, 5.41) is 4.24. The number of carbonyl (C=O) groups excluding carboxylic acids is 1. The number of benzene rings is 2. The highest BCUT2D eigenvalue weighted by atomic mass is 16.7. The second kappa shape index (κ2) is 5.75. The Kier molecular flexibility index (Phi) is 3.65. The molecular weight excluding hydrogens is 252 g/mol. The highest BCUT2D eigenvalue weighted by Crippen LogP contribution is 2.19. The lowest BCUT2D eigenvalue weighted by Crippen LogP contribution is -2.41. The Morgan fingerprint density at radius 3 is 2.55 bits per heavy atom. The van der Waals surface area contributed by atoms with Gasteiger partial charge in [-0.05, 0) is 16.7 Å². The van der Waals surface area contributed by atoms with Gasteiger partial charge in [-0.1, -0.05) is 54.6 Å². The number of fused-ring (bicyclic) bond motifs is 1. The Morgan fingerprint density at radius 1 is 1.05 bits per heavy atom. The van der Waals surface area contributed by atoms with Crippen LogP contribution in [0.1, 0.15) is 16.7 Å². The number of hydrogen-bond donors (Lipinski definition) is 1. The van der Waals surface area contributed by atoms with E-state index in [9.17, 15) is 4.79 Å². The zero-order valence-electron chi connectivity index (χ0n) is 11.1. The van der Waals surface area contributed by atoms with E-state index in [0.29, 0.717) is 19.7 Å². The van der Waals surface area contributed by atoms with Crippen molar-refractivity contribution in [2.45, 2.75) is 19.7 Å². The summed E-state index contributed by atoms with van der Waals surface area (Å²) in [5.41, 5.74) is 3.34. The molecule has 4 nitrogen and oxygen atoms in total. The Labute approximate surface area is 117 Å². The lowest BCUT2D eigenvalue weighted by molar-refractivity contribution is -0.145. The van der Waals surface area contributed by atoms with Crippen LogP contribution in [0.2, 0.25) is 0 Å². The van der Waals surface area contributed by atoms with Crippen LogP contribution in [0.25, 0.3) is 0 Å². The van der Waals surface area contributed by atoms with Crippen molar-refractivity contribution in [3.63, 3.8) is 0 Å². The van der Waals surface area contributed by atoms with Gasteiger partial charge in [0.05, 0.1) is 6.54 Å². The van der Waals surface area contributed by atoms with Gasteiger partial charge in [0.25, 0.3) is 0 Å². The van der Waals surface area contributed by atoms with E-state index in [1.165, 1.54) is 5.06 Å². The maximum absolute atomic E-state index is 12.1. The Morgan fingerprint density at radius 2 is 1.75 bits per heavy atom. The summed E-state index contributed by atoms with van der Waals surface area (Å²) in [6, 6.07) is 17.6. The molecule has 102 valence electrons. The molecule has 0 aromatic heterocycles. The Balaban J connectivity index is 1.59. The highest BCUT2D eigenvalue weighted by Gasteiger charge is 2.21. The van der Waals surface area contributed by atoms with Crippen LogP contribution in [0.15, 0.2) is 54.6 Å². The van der Waals surface area contributed by atoms with Gasteiger partial charge in [-0.3, -0.25) is 4.84 Å². The molecule has 0 atom stereocenters. The molecule has 2 amide bonds. The topological polar surface area (TPSA) is 41.6 Å². The van der Waals surface area contributed by atoms with E-state index in [2.05, 4.69) is 5.32 Å². The third kappa shape index (κ3) is 2.81. The number of amides is 2. The average Bonchev–Trinajstić information content (AvgIpc) is 2.53. The fraction of sp³-hybridized carbons (Fsp3) is 0.188. The molecule has 1 aliphatic rings. The summed E-state index contributed by atoms with van der Waals surface area (Å²) in [7, 11) is 0. The first-order chi connectivity index (χ1) is 9.83. The van der Waals surface area contributed by atoms with Crippen molar-refractivity contribution >= 4 is 6.03 Å². The van der Waals surface area contributed by atoms with E-state index < -0.39 is 0 Å². The molecule has 4 heteroatoms. The molecule has 0 bridgehead atoms. The number of hydroxylamine groups is 2. The van der Waals surface area contributed by atoms with Crippen molar-refractivity contribution in [1.82, 2.24) is 10.4 Å². The van der Waals surface area contributed by atoms with Gasteiger partial charge in [-0.2, -0.15) is 5.06 Å². The first kappa shape index (κ1) is 12.7. The monoisotopic (exact) mass is 268 g/mol. The number of nitrogens with one attached hydrogen (secondary N) is 1. The van der Waals surface area contributed by atoms with E-state index in [1.54, 1.807) is 0 Å². The maximum atomic E-state index is 12.1. The number of hydrogen-bond acceptors (Lipinski definition) is 2. The fourth-order valence-corrected chi connectivity index (χ4v) is 2.19. The summed E-state index contributed by atoms with van der Waals surface area (Å²) < 4.78 is 0. The lowest BCUT2D eigenvalue weighted by Gasteiger charge is -2.28. The van der Waals surface area contributed by atoms with Gasteiger partial charge in [-0.15, -0.1) is 0 Å². The zero-order chi connectivity index (χ0) is 13.8. The summed E-state index contributed by atoms with van der Waals surface area (Å²) in [4.78, 5) is 17.5. The summed E-state index contributed by atoms with van der Waals surface area (Å²) in [6.45, 7) is 1.42. The molecule has 2 aromatic rings.